The Morgan fingerprint density at radius 2 is 1.88 bits per heavy atom. The zero-order valence-corrected chi connectivity index (χ0v) is 17.6. The zero-order chi connectivity index (χ0) is 23.3. The van der Waals surface area contributed by atoms with E-state index < -0.39 is 35.1 Å². The van der Waals surface area contributed by atoms with E-state index in [4.69, 9.17) is 5.73 Å². The van der Waals surface area contributed by atoms with Crippen molar-refractivity contribution in [2.75, 3.05) is 31.3 Å². The molecule has 0 saturated carbocycles. The Morgan fingerprint density at radius 3 is 2.47 bits per heavy atom. The molecule has 0 bridgehead atoms. The third kappa shape index (κ3) is 5.06. The van der Waals surface area contributed by atoms with Crippen LogP contribution in [0, 0.1) is 5.82 Å². The van der Waals surface area contributed by atoms with E-state index >= 15 is 0 Å². The molecule has 2 aromatic rings. The van der Waals surface area contributed by atoms with E-state index in [0.29, 0.717) is 18.7 Å². The van der Waals surface area contributed by atoms with Gasteiger partial charge in [0.1, 0.15) is 17.2 Å². The van der Waals surface area contributed by atoms with E-state index in [2.05, 4.69) is 25.9 Å². The second kappa shape index (κ2) is 9.52. The summed E-state index contributed by atoms with van der Waals surface area (Å²) >= 11 is 0. The molecule has 3 rings (SSSR count). The van der Waals surface area contributed by atoms with Gasteiger partial charge in [-0.1, -0.05) is 0 Å². The first-order valence-electron chi connectivity index (χ1n) is 9.79. The number of benzene rings is 1. The number of hydrogen-bond donors (Lipinski definition) is 4. The van der Waals surface area contributed by atoms with Crippen molar-refractivity contribution >= 4 is 35.6 Å². The predicted octanol–water partition coefficient (Wildman–Crippen LogP) is 0.587. The van der Waals surface area contributed by atoms with Crippen molar-refractivity contribution in [2.45, 2.75) is 18.0 Å². The highest BCUT2D eigenvalue weighted by Crippen LogP contribution is 2.24. The minimum atomic E-state index is -1.33. The molecule has 0 radical (unpaired) electrons. The molecule has 1 aliphatic rings. The second-order valence-electron chi connectivity index (χ2n) is 7.60. The highest BCUT2D eigenvalue weighted by Gasteiger charge is 2.50. The number of nitrogens with zero attached hydrogens (tertiary/aromatic N) is 3. The number of pyridine rings is 1. The topological polar surface area (TPSA) is 142 Å². The van der Waals surface area contributed by atoms with Crippen LogP contribution in [0.2, 0.25) is 0 Å². The lowest BCUT2D eigenvalue weighted by Gasteiger charge is -2.31. The van der Waals surface area contributed by atoms with Crippen LogP contribution in [0.4, 0.5) is 15.9 Å². The van der Waals surface area contributed by atoms with Crippen LogP contribution in [0.1, 0.15) is 16.8 Å². The molecular weight excluding hydrogens is 417 g/mol. The van der Waals surface area contributed by atoms with Gasteiger partial charge in [0.05, 0.1) is 18.2 Å². The van der Waals surface area contributed by atoms with E-state index in [1.807, 2.05) is 19.0 Å². The summed E-state index contributed by atoms with van der Waals surface area (Å²) in [5.74, 6) is -1.84. The fourth-order valence-electron chi connectivity index (χ4n) is 3.20. The number of carbonyl (C=O) groups is 3. The number of carbonyl (C=O) groups excluding carboxylic acids is 3. The van der Waals surface area contributed by atoms with Crippen molar-refractivity contribution in [2.24, 2.45) is 10.7 Å². The number of anilines is 2. The molecule has 0 spiro atoms. The summed E-state index contributed by atoms with van der Waals surface area (Å²) < 4.78 is 13.0. The highest BCUT2D eigenvalue weighted by atomic mass is 19.1. The summed E-state index contributed by atoms with van der Waals surface area (Å²) in [6, 6.07) is 7.09. The van der Waals surface area contributed by atoms with Gasteiger partial charge < -0.3 is 26.6 Å². The van der Waals surface area contributed by atoms with Gasteiger partial charge >= 0.3 is 0 Å². The van der Waals surface area contributed by atoms with Crippen molar-refractivity contribution in [1.29, 1.82) is 0 Å². The Hall–Kier alpha value is -3.86. The average molecular weight is 441 g/mol. The summed E-state index contributed by atoms with van der Waals surface area (Å²) in [5.41, 5.74) is 4.91. The molecule has 11 heteroatoms. The van der Waals surface area contributed by atoms with E-state index in [0.717, 1.165) is 0 Å². The quantitative estimate of drug-likeness (QED) is 0.472. The van der Waals surface area contributed by atoms with Crippen LogP contribution in [0.25, 0.3) is 0 Å². The smallest absolute Gasteiger partial charge is 0.256 e. The lowest BCUT2D eigenvalue weighted by atomic mass is 9.86. The van der Waals surface area contributed by atoms with Gasteiger partial charge in [-0.25, -0.2) is 9.37 Å². The van der Waals surface area contributed by atoms with Crippen LogP contribution in [-0.2, 0) is 9.59 Å². The molecule has 0 fully saturated rings. The molecule has 168 valence electrons. The van der Waals surface area contributed by atoms with Crippen LogP contribution < -0.4 is 21.7 Å². The maximum absolute atomic E-state index is 13.0. The monoisotopic (exact) mass is 441 g/mol. The molecule has 1 aromatic carbocycles. The van der Waals surface area contributed by atoms with Gasteiger partial charge in [0.2, 0.25) is 5.91 Å². The summed E-state index contributed by atoms with van der Waals surface area (Å²) in [6.45, 7) is 0.521. The molecule has 0 aliphatic carbocycles. The van der Waals surface area contributed by atoms with Crippen molar-refractivity contribution < 1.29 is 18.8 Å². The summed E-state index contributed by atoms with van der Waals surface area (Å²) in [5, 5.41) is 8.10. The first-order valence-corrected chi connectivity index (χ1v) is 9.79. The zero-order valence-electron chi connectivity index (χ0n) is 17.6. The highest BCUT2D eigenvalue weighted by molar-refractivity contribution is 6.05. The fourth-order valence-corrected chi connectivity index (χ4v) is 3.20. The number of halogens is 1. The number of nitrogens with two attached hydrogens (primary N) is 1. The van der Waals surface area contributed by atoms with Crippen molar-refractivity contribution in [3.63, 3.8) is 0 Å². The number of primary amides is 1. The first-order chi connectivity index (χ1) is 15.2. The Bertz CT molecular complexity index is 1020. The summed E-state index contributed by atoms with van der Waals surface area (Å²) in [4.78, 5) is 47.3. The van der Waals surface area contributed by atoms with Gasteiger partial charge in [-0.3, -0.25) is 19.4 Å². The molecular formula is C21H24FN7O3. The maximum atomic E-state index is 13.0. The SMILES string of the molecule is CN(C)CCC1(C(N)=O)NC=NC1C(=O)Nc1ccc(NC(=O)c2ccc(F)cc2)nc1. The van der Waals surface area contributed by atoms with E-state index in [1.54, 1.807) is 6.07 Å². The lowest BCUT2D eigenvalue weighted by molar-refractivity contribution is -0.129. The number of aromatic nitrogens is 1. The Labute approximate surface area is 184 Å². The molecule has 32 heavy (non-hydrogen) atoms. The minimum absolute atomic E-state index is 0.246. The van der Waals surface area contributed by atoms with E-state index in [9.17, 15) is 18.8 Å². The second-order valence-corrected chi connectivity index (χ2v) is 7.60. The average Bonchev–Trinajstić information content (AvgIpc) is 3.20. The maximum Gasteiger partial charge on any atom is 0.256 e. The van der Waals surface area contributed by atoms with Crippen molar-refractivity contribution in [1.82, 2.24) is 15.2 Å². The van der Waals surface area contributed by atoms with Crippen LogP contribution in [-0.4, -0.2) is 66.2 Å². The molecule has 2 heterocycles. The van der Waals surface area contributed by atoms with Crippen LogP contribution in [0.15, 0.2) is 47.6 Å². The van der Waals surface area contributed by atoms with Gasteiger partial charge in [-0.05, 0) is 56.9 Å². The molecule has 2 unspecified atom stereocenters. The standard InChI is InChI=1S/C21H24FN7O3/c1-29(2)10-9-21(20(23)32)17(25-12-26-21)19(31)27-15-7-8-16(24-11-15)28-18(30)13-3-5-14(22)6-4-13/h3-8,11-12,17H,9-10H2,1-2H3,(H2,23,32)(H,25,26)(H,27,31)(H,24,28,30). The number of rotatable bonds is 8. The summed E-state index contributed by atoms with van der Waals surface area (Å²) in [7, 11) is 3.70. The number of aliphatic imine (C=N–C) groups is 1. The van der Waals surface area contributed by atoms with Crippen LogP contribution in [0.3, 0.4) is 0 Å². The molecule has 10 nitrogen and oxygen atoms in total. The number of hydrogen-bond acceptors (Lipinski definition) is 7. The number of nitrogens with one attached hydrogen (secondary N) is 3. The number of amides is 3. The largest absolute Gasteiger partial charge is 0.368 e. The Balaban J connectivity index is 1.66. The third-order valence-corrected chi connectivity index (χ3v) is 5.03. The van der Waals surface area contributed by atoms with Crippen molar-refractivity contribution in [3.05, 3.63) is 54.0 Å². The minimum Gasteiger partial charge on any atom is -0.368 e. The molecule has 0 saturated heterocycles. The van der Waals surface area contributed by atoms with Gasteiger partial charge in [-0.15, -0.1) is 0 Å². The molecule has 3 amide bonds. The van der Waals surface area contributed by atoms with Gasteiger partial charge in [0, 0.05) is 12.1 Å². The lowest BCUT2D eigenvalue weighted by Crippen LogP contribution is -2.62. The normalized spacial score (nSPS) is 19.4. The molecule has 2 atom stereocenters. The van der Waals surface area contributed by atoms with E-state index in [-0.39, 0.29) is 11.4 Å². The van der Waals surface area contributed by atoms with Gasteiger partial charge in [0.25, 0.3) is 11.8 Å². The first kappa shape index (κ1) is 22.8. The fraction of sp³-hybridized carbons (Fsp3) is 0.286. The Morgan fingerprint density at radius 1 is 1.16 bits per heavy atom. The third-order valence-electron chi connectivity index (χ3n) is 5.03. The summed E-state index contributed by atoms with van der Waals surface area (Å²) in [6.07, 6.45) is 2.97. The molecule has 1 aliphatic heterocycles. The van der Waals surface area contributed by atoms with Crippen molar-refractivity contribution in [3.8, 4) is 0 Å². The molecule has 1 aromatic heterocycles. The van der Waals surface area contributed by atoms with Crippen LogP contribution in [0.5, 0.6) is 0 Å². The Kier molecular flexibility index (Phi) is 6.79. The molecule has 5 N–H and O–H groups in total. The predicted molar refractivity (Wildman–Crippen MR) is 118 cm³/mol. The van der Waals surface area contributed by atoms with Crippen LogP contribution >= 0.6 is 0 Å². The van der Waals surface area contributed by atoms with Gasteiger partial charge in [-0.2, -0.15) is 0 Å². The van der Waals surface area contributed by atoms with Gasteiger partial charge in [0.15, 0.2) is 6.04 Å². The van der Waals surface area contributed by atoms with E-state index in [1.165, 1.54) is 42.9 Å².